The van der Waals surface area contributed by atoms with Gasteiger partial charge in [0.2, 0.25) is 0 Å². The topological polar surface area (TPSA) is 45.7 Å². The molecule has 0 atom stereocenters. The van der Waals surface area contributed by atoms with Crippen molar-refractivity contribution in [3.63, 3.8) is 0 Å². The fourth-order valence-electron chi connectivity index (χ4n) is 2.33. The molecule has 2 N–H and O–H groups in total. The molecule has 0 radical (unpaired) electrons. The number of halogens is 1. The third kappa shape index (κ3) is 9.80. The normalized spacial score (nSPS) is 17.5. The van der Waals surface area contributed by atoms with Gasteiger partial charge in [-0.25, -0.2) is 0 Å². The van der Waals surface area contributed by atoms with Crippen LogP contribution in [0.2, 0.25) is 0 Å². The fourth-order valence-corrected chi connectivity index (χ4v) is 2.33. The summed E-state index contributed by atoms with van der Waals surface area (Å²) >= 11 is 0. The Morgan fingerprint density at radius 3 is 2.35 bits per heavy atom. The van der Waals surface area contributed by atoms with Gasteiger partial charge in [-0.3, -0.25) is 4.99 Å². The second-order valence-corrected chi connectivity index (χ2v) is 5.76. The smallest absolute Gasteiger partial charge is 0.191 e. The van der Waals surface area contributed by atoms with E-state index in [0.29, 0.717) is 12.0 Å². The molecule has 0 aromatic heterocycles. The summed E-state index contributed by atoms with van der Waals surface area (Å²) in [4.78, 5) is 4.20. The van der Waals surface area contributed by atoms with Crippen LogP contribution in [0.1, 0.15) is 52.4 Å². The Morgan fingerprint density at radius 1 is 1.15 bits per heavy atom. The number of rotatable bonds is 6. The molecular weight excluding hydrogens is 365 g/mol. The third-order valence-electron chi connectivity index (χ3n) is 3.45. The highest BCUT2D eigenvalue weighted by Gasteiger charge is 2.11. The van der Waals surface area contributed by atoms with Gasteiger partial charge in [0.05, 0.1) is 12.7 Å². The Bertz CT molecular complexity index is 252. The summed E-state index contributed by atoms with van der Waals surface area (Å²) in [7, 11) is 1.81. The lowest BCUT2D eigenvalue weighted by molar-refractivity contribution is 0.0468. The van der Waals surface area contributed by atoms with E-state index >= 15 is 0 Å². The van der Waals surface area contributed by atoms with Crippen LogP contribution in [-0.4, -0.2) is 38.8 Å². The predicted octanol–water partition coefficient (Wildman–Crippen LogP) is 3.16. The summed E-state index contributed by atoms with van der Waals surface area (Å²) < 4.78 is 5.94. The number of ether oxygens (including phenoxy) is 1. The van der Waals surface area contributed by atoms with Crippen LogP contribution >= 0.6 is 24.0 Å². The molecule has 120 valence electrons. The van der Waals surface area contributed by atoms with Gasteiger partial charge in [0.15, 0.2) is 5.96 Å². The van der Waals surface area contributed by atoms with Gasteiger partial charge < -0.3 is 15.4 Å². The van der Waals surface area contributed by atoms with Gasteiger partial charge in [0.1, 0.15) is 0 Å². The molecule has 20 heavy (non-hydrogen) atoms. The number of guanidine groups is 1. The Balaban J connectivity index is 0.00000361. The largest absolute Gasteiger partial charge is 0.376 e. The van der Waals surface area contributed by atoms with Crippen LogP contribution in [-0.2, 0) is 4.74 Å². The lowest BCUT2D eigenvalue weighted by Gasteiger charge is -2.17. The van der Waals surface area contributed by atoms with Crippen molar-refractivity contribution in [1.82, 2.24) is 10.6 Å². The second kappa shape index (κ2) is 12.7. The highest BCUT2D eigenvalue weighted by molar-refractivity contribution is 14.0. The first-order chi connectivity index (χ1) is 9.22. The molecule has 0 saturated heterocycles. The maximum absolute atomic E-state index is 5.94. The number of hydrogen-bond donors (Lipinski definition) is 2. The maximum Gasteiger partial charge on any atom is 0.191 e. The van der Waals surface area contributed by atoms with E-state index in [4.69, 9.17) is 4.74 Å². The van der Waals surface area contributed by atoms with E-state index in [1.54, 1.807) is 0 Å². The van der Waals surface area contributed by atoms with Crippen LogP contribution in [0.5, 0.6) is 0 Å². The molecule has 1 rings (SSSR count). The van der Waals surface area contributed by atoms with E-state index in [1.807, 2.05) is 7.05 Å². The van der Waals surface area contributed by atoms with Crippen LogP contribution in [0.4, 0.5) is 0 Å². The van der Waals surface area contributed by atoms with Gasteiger partial charge in [-0.1, -0.05) is 39.5 Å². The average molecular weight is 397 g/mol. The summed E-state index contributed by atoms with van der Waals surface area (Å²) in [6, 6.07) is 0. The van der Waals surface area contributed by atoms with Crippen LogP contribution in [0.15, 0.2) is 4.99 Å². The average Bonchev–Trinajstić information content (AvgIpc) is 2.66. The standard InChI is InChI=1S/C15H31N3O.HI/c1-13(2)12-18-15(16-3)17-10-11-19-14-8-6-4-5-7-9-14;/h13-14H,4-12H2,1-3H3,(H2,16,17,18);1H. The molecule has 0 aliphatic heterocycles. The molecule has 0 heterocycles. The monoisotopic (exact) mass is 397 g/mol. The summed E-state index contributed by atoms with van der Waals surface area (Å²) in [6.45, 7) is 6.93. The zero-order chi connectivity index (χ0) is 13.9. The number of aliphatic imine (C=N–C) groups is 1. The zero-order valence-corrected chi connectivity index (χ0v) is 15.6. The van der Waals surface area contributed by atoms with Crippen molar-refractivity contribution in [3.8, 4) is 0 Å². The van der Waals surface area contributed by atoms with E-state index in [0.717, 1.165) is 25.7 Å². The van der Waals surface area contributed by atoms with Crippen molar-refractivity contribution in [3.05, 3.63) is 0 Å². The summed E-state index contributed by atoms with van der Waals surface area (Å²) in [5.41, 5.74) is 0. The fraction of sp³-hybridized carbons (Fsp3) is 0.933. The van der Waals surface area contributed by atoms with Gasteiger partial charge in [-0.15, -0.1) is 24.0 Å². The minimum Gasteiger partial charge on any atom is -0.376 e. The van der Waals surface area contributed by atoms with Crippen LogP contribution in [0.25, 0.3) is 0 Å². The van der Waals surface area contributed by atoms with E-state index in [1.165, 1.54) is 38.5 Å². The molecule has 1 saturated carbocycles. The third-order valence-corrected chi connectivity index (χ3v) is 3.45. The maximum atomic E-state index is 5.94. The molecule has 4 nitrogen and oxygen atoms in total. The number of hydrogen-bond acceptors (Lipinski definition) is 2. The van der Waals surface area contributed by atoms with E-state index < -0.39 is 0 Å². The first-order valence-corrected chi connectivity index (χ1v) is 7.78. The summed E-state index contributed by atoms with van der Waals surface area (Å²) in [5, 5.41) is 6.59. The lowest BCUT2D eigenvalue weighted by atomic mass is 10.1. The molecule has 0 aromatic carbocycles. The molecule has 1 fully saturated rings. The Labute approximate surface area is 141 Å². The quantitative estimate of drug-likeness (QED) is 0.238. The van der Waals surface area contributed by atoms with Crippen molar-refractivity contribution in [2.24, 2.45) is 10.9 Å². The van der Waals surface area contributed by atoms with E-state index in [-0.39, 0.29) is 24.0 Å². The Hall–Kier alpha value is -0.0400. The number of nitrogens with one attached hydrogen (secondary N) is 2. The lowest BCUT2D eigenvalue weighted by Crippen LogP contribution is -2.40. The van der Waals surface area contributed by atoms with Crippen molar-refractivity contribution in [2.75, 3.05) is 26.7 Å². The molecule has 0 aromatic rings. The molecule has 0 amide bonds. The van der Waals surface area contributed by atoms with Gasteiger partial charge >= 0.3 is 0 Å². The second-order valence-electron chi connectivity index (χ2n) is 5.76. The number of nitrogens with zero attached hydrogens (tertiary/aromatic N) is 1. The minimum absolute atomic E-state index is 0. The molecule has 0 unspecified atom stereocenters. The minimum atomic E-state index is 0. The summed E-state index contributed by atoms with van der Waals surface area (Å²) in [5.74, 6) is 1.50. The van der Waals surface area contributed by atoms with Gasteiger partial charge in [-0.05, 0) is 18.8 Å². The summed E-state index contributed by atoms with van der Waals surface area (Å²) in [6.07, 6.45) is 8.37. The van der Waals surface area contributed by atoms with Crippen LogP contribution in [0.3, 0.4) is 0 Å². The van der Waals surface area contributed by atoms with Crippen molar-refractivity contribution >= 4 is 29.9 Å². The molecule has 0 bridgehead atoms. The first kappa shape index (κ1) is 20.0. The van der Waals surface area contributed by atoms with Crippen molar-refractivity contribution in [2.45, 2.75) is 58.5 Å². The molecular formula is C15H32IN3O. The highest BCUT2D eigenvalue weighted by Crippen LogP contribution is 2.19. The van der Waals surface area contributed by atoms with Crippen LogP contribution < -0.4 is 10.6 Å². The van der Waals surface area contributed by atoms with Crippen LogP contribution in [0, 0.1) is 5.92 Å². The van der Waals surface area contributed by atoms with Crippen molar-refractivity contribution in [1.29, 1.82) is 0 Å². The molecule has 1 aliphatic carbocycles. The Morgan fingerprint density at radius 2 is 1.80 bits per heavy atom. The molecule has 1 aliphatic rings. The molecule has 5 heteroatoms. The van der Waals surface area contributed by atoms with Gasteiger partial charge in [0.25, 0.3) is 0 Å². The Kier molecular flexibility index (Phi) is 12.7. The SMILES string of the molecule is CN=C(NCCOC1CCCCCC1)NCC(C)C.I. The van der Waals surface area contributed by atoms with E-state index in [2.05, 4.69) is 29.5 Å². The predicted molar refractivity (Wildman–Crippen MR) is 97.1 cm³/mol. The first-order valence-electron chi connectivity index (χ1n) is 7.78. The van der Waals surface area contributed by atoms with Gasteiger partial charge in [-0.2, -0.15) is 0 Å². The molecule has 0 spiro atoms. The zero-order valence-electron chi connectivity index (χ0n) is 13.3. The van der Waals surface area contributed by atoms with Gasteiger partial charge in [0, 0.05) is 20.1 Å². The van der Waals surface area contributed by atoms with Crippen molar-refractivity contribution < 1.29 is 4.74 Å². The highest BCUT2D eigenvalue weighted by atomic mass is 127. The van der Waals surface area contributed by atoms with E-state index in [9.17, 15) is 0 Å².